The van der Waals surface area contributed by atoms with Crippen molar-refractivity contribution in [3.63, 3.8) is 0 Å². The van der Waals surface area contributed by atoms with Crippen LogP contribution in [0, 0.1) is 0 Å². The van der Waals surface area contributed by atoms with Gasteiger partial charge >= 0.3 is 0 Å². The van der Waals surface area contributed by atoms with Gasteiger partial charge in [0.1, 0.15) is 5.69 Å². The zero-order valence-corrected chi connectivity index (χ0v) is 10.6. The van der Waals surface area contributed by atoms with E-state index in [2.05, 4.69) is 29.4 Å². The molecule has 0 bridgehead atoms. The molecule has 0 amide bonds. The molecule has 0 radical (unpaired) electrons. The molecule has 1 heterocycles. The van der Waals surface area contributed by atoms with Gasteiger partial charge in [0.2, 0.25) is 0 Å². The topological polar surface area (TPSA) is 52.0 Å². The molecule has 0 saturated heterocycles. The highest BCUT2D eigenvalue weighted by molar-refractivity contribution is 5.60. The lowest BCUT2D eigenvalue weighted by Crippen LogP contribution is -2.06. The van der Waals surface area contributed by atoms with Crippen LogP contribution in [0.25, 0.3) is 11.3 Å². The second-order valence-corrected chi connectivity index (χ2v) is 5.03. The SMILES string of the molecule is CCC(N)c1cc(-c2cccc(C3CC3)c2)no1. The van der Waals surface area contributed by atoms with E-state index < -0.39 is 0 Å². The van der Waals surface area contributed by atoms with Crippen molar-refractivity contribution in [3.8, 4) is 11.3 Å². The number of aromatic nitrogens is 1. The lowest BCUT2D eigenvalue weighted by Gasteiger charge is -2.01. The molecule has 1 aromatic heterocycles. The summed E-state index contributed by atoms with van der Waals surface area (Å²) in [5.74, 6) is 1.53. The monoisotopic (exact) mass is 242 g/mol. The van der Waals surface area contributed by atoms with E-state index >= 15 is 0 Å². The number of nitrogens with two attached hydrogens (primary N) is 1. The van der Waals surface area contributed by atoms with Gasteiger partial charge in [-0.05, 0) is 36.8 Å². The molecule has 3 rings (SSSR count). The average Bonchev–Trinajstić information content (AvgIpc) is 3.15. The quantitative estimate of drug-likeness (QED) is 0.890. The van der Waals surface area contributed by atoms with Gasteiger partial charge in [-0.2, -0.15) is 0 Å². The maximum absolute atomic E-state index is 5.94. The predicted octanol–water partition coefficient (Wildman–Crippen LogP) is 3.63. The zero-order chi connectivity index (χ0) is 12.5. The molecule has 2 aromatic rings. The smallest absolute Gasteiger partial charge is 0.154 e. The highest BCUT2D eigenvalue weighted by atomic mass is 16.5. The van der Waals surface area contributed by atoms with E-state index in [0.29, 0.717) is 0 Å². The first kappa shape index (κ1) is 11.5. The summed E-state index contributed by atoms with van der Waals surface area (Å²) in [4.78, 5) is 0. The summed E-state index contributed by atoms with van der Waals surface area (Å²) >= 11 is 0. The number of hydrogen-bond donors (Lipinski definition) is 1. The van der Waals surface area contributed by atoms with Crippen molar-refractivity contribution in [2.45, 2.75) is 38.1 Å². The summed E-state index contributed by atoms with van der Waals surface area (Å²) in [6, 6.07) is 10.5. The van der Waals surface area contributed by atoms with Crippen LogP contribution in [0.15, 0.2) is 34.9 Å². The largest absolute Gasteiger partial charge is 0.359 e. The fraction of sp³-hybridized carbons (Fsp3) is 0.400. The maximum Gasteiger partial charge on any atom is 0.154 e. The summed E-state index contributed by atoms with van der Waals surface area (Å²) in [7, 11) is 0. The van der Waals surface area contributed by atoms with Crippen LogP contribution in [0.2, 0.25) is 0 Å². The third-order valence-electron chi connectivity index (χ3n) is 3.56. The van der Waals surface area contributed by atoms with Crippen LogP contribution in [-0.4, -0.2) is 5.16 Å². The van der Waals surface area contributed by atoms with Gasteiger partial charge in [0, 0.05) is 11.6 Å². The summed E-state index contributed by atoms with van der Waals surface area (Å²) in [5.41, 5.74) is 9.36. The van der Waals surface area contributed by atoms with Gasteiger partial charge in [-0.1, -0.05) is 30.3 Å². The van der Waals surface area contributed by atoms with E-state index in [-0.39, 0.29) is 6.04 Å². The fourth-order valence-corrected chi connectivity index (χ4v) is 2.17. The Labute approximate surface area is 107 Å². The number of hydrogen-bond acceptors (Lipinski definition) is 3. The fourth-order valence-electron chi connectivity index (χ4n) is 2.17. The highest BCUT2D eigenvalue weighted by Gasteiger charge is 2.23. The van der Waals surface area contributed by atoms with Crippen molar-refractivity contribution in [1.82, 2.24) is 5.16 Å². The van der Waals surface area contributed by atoms with E-state index in [4.69, 9.17) is 10.3 Å². The molecular weight excluding hydrogens is 224 g/mol. The molecule has 18 heavy (non-hydrogen) atoms. The van der Waals surface area contributed by atoms with E-state index in [0.717, 1.165) is 29.4 Å². The minimum atomic E-state index is -0.0575. The van der Waals surface area contributed by atoms with Crippen LogP contribution in [0.5, 0.6) is 0 Å². The molecule has 3 heteroatoms. The Kier molecular flexibility index (Phi) is 2.92. The molecule has 1 saturated carbocycles. The maximum atomic E-state index is 5.94. The van der Waals surface area contributed by atoms with E-state index in [1.165, 1.54) is 18.4 Å². The molecule has 1 aromatic carbocycles. The Balaban J connectivity index is 1.89. The zero-order valence-electron chi connectivity index (χ0n) is 10.6. The number of benzene rings is 1. The minimum Gasteiger partial charge on any atom is -0.359 e. The van der Waals surface area contributed by atoms with Crippen molar-refractivity contribution in [2.24, 2.45) is 5.73 Å². The van der Waals surface area contributed by atoms with E-state index in [1.54, 1.807) is 0 Å². The normalized spacial score (nSPS) is 16.8. The van der Waals surface area contributed by atoms with Gasteiger partial charge in [-0.25, -0.2) is 0 Å². The Bertz CT molecular complexity index is 543. The standard InChI is InChI=1S/C15H18N2O/c1-2-13(16)15-9-14(17-18-15)12-5-3-4-11(8-12)10-6-7-10/h3-5,8-10,13H,2,6-7,16H2,1H3. The highest BCUT2D eigenvalue weighted by Crippen LogP contribution is 2.41. The van der Waals surface area contributed by atoms with Crippen LogP contribution in [-0.2, 0) is 0 Å². The lowest BCUT2D eigenvalue weighted by atomic mass is 10.0. The summed E-state index contributed by atoms with van der Waals surface area (Å²) in [5, 5.41) is 4.12. The molecule has 3 nitrogen and oxygen atoms in total. The predicted molar refractivity (Wildman–Crippen MR) is 71.1 cm³/mol. The molecule has 1 atom stereocenters. The van der Waals surface area contributed by atoms with Crippen LogP contribution in [0.1, 0.15) is 49.5 Å². The Morgan fingerprint density at radius 3 is 2.94 bits per heavy atom. The molecule has 2 N–H and O–H groups in total. The third kappa shape index (κ3) is 2.18. The first-order chi connectivity index (χ1) is 8.78. The first-order valence-corrected chi connectivity index (χ1v) is 6.60. The van der Waals surface area contributed by atoms with Crippen molar-refractivity contribution in [2.75, 3.05) is 0 Å². The Morgan fingerprint density at radius 1 is 1.39 bits per heavy atom. The molecule has 94 valence electrons. The second kappa shape index (κ2) is 4.58. The summed E-state index contributed by atoms with van der Waals surface area (Å²) in [6.07, 6.45) is 3.49. The van der Waals surface area contributed by atoms with Crippen molar-refractivity contribution < 1.29 is 4.52 Å². The molecule has 1 fully saturated rings. The van der Waals surface area contributed by atoms with Crippen LogP contribution in [0.4, 0.5) is 0 Å². The van der Waals surface area contributed by atoms with Gasteiger partial charge < -0.3 is 10.3 Å². The van der Waals surface area contributed by atoms with E-state index in [9.17, 15) is 0 Å². The van der Waals surface area contributed by atoms with E-state index in [1.807, 2.05) is 13.0 Å². The van der Waals surface area contributed by atoms with Crippen molar-refractivity contribution >= 4 is 0 Å². The summed E-state index contributed by atoms with van der Waals surface area (Å²) in [6.45, 7) is 2.04. The van der Waals surface area contributed by atoms with Crippen molar-refractivity contribution in [3.05, 3.63) is 41.7 Å². The molecular formula is C15H18N2O. The summed E-state index contributed by atoms with van der Waals surface area (Å²) < 4.78 is 5.31. The van der Waals surface area contributed by atoms with Crippen molar-refractivity contribution in [1.29, 1.82) is 0 Å². The van der Waals surface area contributed by atoms with Gasteiger partial charge in [-0.15, -0.1) is 0 Å². The average molecular weight is 242 g/mol. The molecule has 1 aliphatic carbocycles. The van der Waals surface area contributed by atoms with Crippen LogP contribution >= 0.6 is 0 Å². The molecule has 0 spiro atoms. The number of rotatable bonds is 4. The Morgan fingerprint density at radius 2 is 2.22 bits per heavy atom. The van der Waals surface area contributed by atoms with Gasteiger partial charge in [-0.3, -0.25) is 0 Å². The third-order valence-corrected chi connectivity index (χ3v) is 3.56. The molecule has 1 unspecified atom stereocenters. The van der Waals surface area contributed by atoms with Gasteiger partial charge in [0.25, 0.3) is 0 Å². The first-order valence-electron chi connectivity index (χ1n) is 6.60. The van der Waals surface area contributed by atoms with Crippen LogP contribution in [0.3, 0.4) is 0 Å². The van der Waals surface area contributed by atoms with Gasteiger partial charge in [0.15, 0.2) is 5.76 Å². The number of nitrogens with zero attached hydrogens (tertiary/aromatic N) is 1. The Hall–Kier alpha value is -1.61. The lowest BCUT2D eigenvalue weighted by molar-refractivity contribution is 0.360. The second-order valence-electron chi connectivity index (χ2n) is 5.03. The minimum absolute atomic E-state index is 0.0575. The molecule has 1 aliphatic rings. The van der Waals surface area contributed by atoms with Gasteiger partial charge in [0.05, 0.1) is 6.04 Å². The van der Waals surface area contributed by atoms with Crippen LogP contribution < -0.4 is 5.73 Å². The molecule has 0 aliphatic heterocycles.